The van der Waals surface area contributed by atoms with E-state index in [-0.39, 0.29) is 16.6 Å². The number of benzene rings is 3. The molecule has 0 bridgehead atoms. The Bertz CT molecular complexity index is 1540. The molecule has 5 aromatic rings. The van der Waals surface area contributed by atoms with Gasteiger partial charge in [0.2, 0.25) is 0 Å². The molecule has 8 heteroatoms. The van der Waals surface area contributed by atoms with Crippen LogP contribution < -0.4 is 4.74 Å². The molecule has 0 atom stereocenters. The maximum atomic E-state index is 11.9. The Kier molecular flexibility index (Phi) is 5.23. The Balaban J connectivity index is 1.51. The van der Waals surface area contributed by atoms with Crippen molar-refractivity contribution in [1.29, 1.82) is 0 Å². The number of aromatic nitrogens is 1. The largest absolute Gasteiger partial charge is 0.478 e. The topological polar surface area (TPSA) is 116 Å². The van der Waals surface area contributed by atoms with E-state index in [1.165, 1.54) is 24.3 Å². The molecule has 0 amide bonds. The number of non-ortho nitro benzene ring substituents is 1. The molecule has 0 saturated carbocycles. The van der Waals surface area contributed by atoms with Crippen molar-refractivity contribution < 1.29 is 24.0 Å². The number of carboxylic acids is 1. The van der Waals surface area contributed by atoms with Crippen LogP contribution >= 0.6 is 0 Å². The lowest BCUT2D eigenvalue weighted by Gasteiger charge is -2.07. The monoisotopic (exact) mass is 452 g/mol. The lowest BCUT2D eigenvalue weighted by atomic mass is 10.1. The third-order valence-corrected chi connectivity index (χ3v) is 5.19. The summed E-state index contributed by atoms with van der Waals surface area (Å²) in [5.41, 5.74) is 1.09. The Morgan fingerprint density at radius 1 is 0.882 bits per heavy atom. The van der Waals surface area contributed by atoms with Gasteiger partial charge in [-0.15, -0.1) is 0 Å². The first kappa shape index (κ1) is 20.9. The number of hydrogen-bond acceptors (Lipinski definition) is 6. The van der Waals surface area contributed by atoms with Gasteiger partial charge in [-0.1, -0.05) is 30.3 Å². The van der Waals surface area contributed by atoms with Crippen LogP contribution in [0.15, 0.2) is 95.4 Å². The number of aromatic carboxylic acids is 1. The number of ether oxygens (including phenoxy) is 1. The van der Waals surface area contributed by atoms with Crippen LogP contribution in [0.5, 0.6) is 11.5 Å². The van der Waals surface area contributed by atoms with E-state index in [0.717, 1.165) is 5.56 Å². The number of carbonyl (C=O) groups is 1. The second kappa shape index (κ2) is 8.51. The van der Waals surface area contributed by atoms with Gasteiger partial charge in [0.05, 0.1) is 16.0 Å². The van der Waals surface area contributed by atoms with Gasteiger partial charge in [-0.3, -0.25) is 10.1 Å². The van der Waals surface area contributed by atoms with Crippen molar-refractivity contribution in [2.75, 3.05) is 0 Å². The van der Waals surface area contributed by atoms with Gasteiger partial charge in [0.15, 0.2) is 5.76 Å². The first-order valence-corrected chi connectivity index (χ1v) is 10.2. The zero-order valence-corrected chi connectivity index (χ0v) is 17.5. The van der Waals surface area contributed by atoms with Crippen LogP contribution in [0.3, 0.4) is 0 Å². The third kappa shape index (κ3) is 4.07. The first-order valence-electron chi connectivity index (χ1n) is 10.2. The smallest absolute Gasteiger partial charge is 0.336 e. The van der Waals surface area contributed by atoms with Crippen molar-refractivity contribution in [1.82, 2.24) is 4.98 Å². The fourth-order valence-electron chi connectivity index (χ4n) is 3.60. The van der Waals surface area contributed by atoms with E-state index in [9.17, 15) is 20.0 Å². The minimum Gasteiger partial charge on any atom is -0.478 e. The lowest BCUT2D eigenvalue weighted by Crippen LogP contribution is -2.01. The van der Waals surface area contributed by atoms with Crippen LogP contribution in [0.2, 0.25) is 0 Å². The van der Waals surface area contributed by atoms with Gasteiger partial charge in [0, 0.05) is 23.1 Å². The fraction of sp³-hybridized carbons (Fsp3) is 0. The number of furan rings is 1. The molecule has 34 heavy (non-hydrogen) atoms. The Morgan fingerprint density at radius 2 is 1.65 bits per heavy atom. The molecule has 0 fully saturated rings. The van der Waals surface area contributed by atoms with Crippen LogP contribution in [0.25, 0.3) is 33.7 Å². The number of fused-ring (bicyclic) bond motifs is 1. The number of hydrogen-bond donors (Lipinski definition) is 1. The van der Waals surface area contributed by atoms with Crippen LogP contribution in [0.4, 0.5) is 5.69 Å². The normalized spacial score (nSPS) is 10.8. The summed E-state index contributed by atoms with van der Waals surface area (Å²) in [6, 6.07) is 25.5. The standard InChI is InChI=1S/C26H16N2O6/c29-26(30)21-15-23(27-22-10-9-17(28(31)32)14-20(21)22)25-12-11-24(34-25)16-5-4-8-19(13-16)33-18-6-2-1-3-7-18/h1-15H,(H,29,30). The maximum absolute atomic E-state index is 11.9. The van der Waals surface area contributed by atoms with Crippen molar-refractivity contribution >= 4 is 22.6 Å². The molecule has 1 N–H and O–H groups in total. The molecule has 0 aliphatic heterocycles. The Hall–Kier alpha value is -4.98. The van der Waals surface area contributed by atoms with Gasteiger partial charge in [-0.25, -0.2) is 9.78 Å². The molecule has 2 aromatic heterocycles. The predicted molar refractivity (Wildman–Crippen MR) is 125 cm³/mol. The minimum absolute atomic E-state index is 0.0973. The SMILES string of the molecule is O=C(O)c1cc(-c2ccc(-c3cccc(Oc4ccccc4)c3)o2)nc2ccc([N+](=O)[O-])cc12. The zero-order chi connectivity index (χ0) is 23.7. The van der Waals surface area contributed by atoms with Gasteiger partial charge in [0.25, 0.3) is 5.69 Å². The number of nitrogens with zero attached hydrogens (tertiary/aromatic N) is 2. The van der Waals surface area contributed by atoms with E-state index >= 15 is 0 Å². The quantitative estimate of drug-likeness (QED) is 0.229. The van der Waals surface area contributed by atoms with Crippen molar-refractivity contribution in [3.05, 3.63) is 107 Å². The number of para-hydroxylation sites is 1. The summed E-state index contributed by atoms with van der Waals surface area (Å²) in [5, 5.41) is 21.0. The van der Waals surface area contributed by atoms with E-state index in [0.29, 0.717) is 34.2 Å². The summed E-state index contributed by atoms with van der Waals surface area (Å²) < 4.78 is 11.9. The summed E-state index contributed by atoms with van der Waals surface area (Å²) in [7, 11) is 0. The number of rotatable bonds is 6. The van der Waals surface area contributed by atoms with Gasteiger partial charge in [-0.05, 0) is 48.5 Å². The number of pyridine rings is 1. The van der Waals surface area contributed by atoms with E-state index in [1.807, 2.05) is 54.6 Å². The van der Waals surface area contributed by atoms with Gasteiger partial charge >= 0.3 is 5.97 Å². The predicted octanol–water partition coefficient (Wildman–Crippen LogP) is 6.56. The number of carboxylic acid groups (broad SMARTS) is 1. The molecule has 0 unspecified atom stereocenters. The molecule has 2 heterocycles. The number of nitro benzene ring substituents is 1. The molecule has 0 aliphatic rings. The lowest BCUT2D eigenvalue weighted by molar-refractivity contribution is -0.384. The van der Waals surface area contributed by atoms with E-state index < -0.39 is 10.9 Å². The summed E-state index contributed by atoms with van der Waals surface area (Å²) in [6.07, 6.45) is 0. The fourth-order valence-corrected chi connectivity index (χ4v) is 3.60. The van der Waals surface area contributed by atoms with Crippen molar-refractivity contribution in [3.8, 4) is 34.3 Å². The van der Waals surface area contributed by atoms with E-state index in [2.05, 4.69) is 4.98 Å². The van der Waals surface area contributed by atoms with E-state index in [1.54, 1.807) is 12.1 Å². The summed E-state index contributed by atoms with van der Waals surface area (Å²) in [6.45, 7) is 0. The maximum Gasteiger partial charge on any atom is 0.336 e. The molecule has 8 nitrogen and oxygen atoms in total. The minimum atomic E-state index is -1.22. The average molecular weight is 452 g/mol. The molecule has 5 rings (SSSR count). The number of nitro groups is 1. The molecule has 0 saturated heterocycles. The second-order valence-corrected chi connectivity index (χ2v) is 7.43. The molecular weight excluding hydrogens is 436 g/mol. The second-order valence-electron chi connectivity index (χ2n) is 7.43. The molecule has 3 aromatic carbocycles. The highest BCUT2D eigenvalue weighted by Crippen LogP contribution is 2.33. The Morgan fingerprint density at radius 3 is 2.41 bits per heavy atom. The average Bonchev–Trinajstić information content (AvgIpc) is 3.34. The van der Waals surface area contributed by atoms with Crippen LogP contribution in [-0.2, 0) is 0 Å². The molecular formula is C26H16N2O6. The van der Waals surface area contributed by atoms with Gasteiger partial charge < -0.3 is 14.3 Å². The van der Waals surface area contributed by atoms with Crippen molar-refractivity contribution in [3.63, 3.8) is 0 Å². The summed E-state index contributed by atoms with van der Waals surface area (Å²) in [4.78, 5) is 26.8. The summed E-state index contributed by atoms with van der Waals surface area (Å²) >= 11 is 0. The van der Waals surface area contributed by atoms with Gasteiger partial charge in [0.1, 0.15) is 23.0 Å². The molecule has 0 radical (unpaired) electrons. The van der Waals surface area contributed by atoms with Crippen LogP contribution in [-0.4, -0.2) is 21.0 Å². The highest BCUT2D eigenvalue weighted by Gasteiger charge is 2.18. The first-order chi connectivity index (χ1) is 16.5. The van der Waals surface area contributed by atoms with Crippen LogP contribution in [0.1, 0.15) is 10.4 Å². The van der Waals surface area contributed by atoms with Crippen molar-refractivity contribution in [2.24, 2.45) is 0 Å². The Labute approximate surface area is 192 Å². The zero-order valence-electron chi connectivity index (χ0n) is 17.5. The molecule has 166 valence electrons. The van der Waals surface area contributed by atoms with E-state index in [4.69, 9.17) is 9.15 Å². The highest BCUT2D eigenvalue weighted by molar-refractivity contribution is 6.04. The third-order valence-electron chi connectivity index (χ3n) is 5.19. The van der Waals surface area contributed by atoms with Gasteiger partial charge in [-0.2, -0.15) is 0 Å². The van der Waals surface area contributed by atoms with Crippen LogP contribution in [0, 0.1) is 10.1 Å². The van der Waals surface area contributed by atoms with Crippen molar-refractivity contribution in [2.45, 2.75) is 0 Å². The highest BCUT2D eigenvalue weighted by atomic mass is 16.6. The molecule has 0 spiro atoms. The molecule has 0 aliphatic carbocycles. The summed E-state index contributed by atoms with van der Waals surface area (Å²) in [5.74, 6) is 1.05.